The Kier molecular flexibility index (Phi) is 5.24. The van der Waals surface area contributed by atoms with Gasteiger partial charge >= 0.3 is 6.03 Å². The zero-order valence-corrected chi connectivity index (χ0v) is 11.9. The van der Waals surface area contributed by atoms with Gasteiger partial charge in [-0.15, -0.1) is 11.3 Å². The molecular formula is C14H15ClN2OS. The van der Waals surface area contributed by atoms with Crippen LogP contribution in [0.2, 0.25) is 5.02 Å². The normalized spacial score (nSPS) is 10.2. The molecule has 2 rings (SSSR count). The van der Waals surface area contributed by atoms with Crippen LogP contribution in [0.4, 0.5) is 4.79 Å². The van der Waals surface area contributed by atoms with Crippen LogP contribution in [0.3, 0.4) is 0 Å². The van der Waals surface area contributed by atoms with E-state index < -0.39 is 0 Å². The number of carbonyl (C=O) groups is 1. The molecule has 3 nitrogen and oxygen atoms in total. The summed E-state index contributed by atoms with van der Waals surface area (Å²) >= 11 is 7.57. The summed E-state index contributed by atoms with van der Waals surface area (Å²) in [5, 5.41) is 8.34. The van der Waals surface area contributed by atoms with E-state index in [0.29, 0.717) is 18.1 Å². The number of benzene rings is 1. The highest BCUT2D eigenvalue weighted by Gasteiger charge is 2.01. The first-order chi connectivity index (χ1) is 9.24. The second-order valence-corrected chi connectivity index (χ2v) is 5.54. The molecule has 1 aromatic carbocycles. The van der Waals surface area contributed by atoms with Gasteiger partial charge in [0.05, 0.1) is 0 Å². The maximum atomic E-state index is 11.6. The molecule has 0 aliphatic heterocycles. The number of hydrogen-bond donors (Lipinski definition) is 2. The highest BCUT2D eigenvalue weighted by Crippen LogP contribution is 2.10. The smallest absolute Gasteiger partial charge is 0.315 e. The molecular weight excluding hydrogens is 280 g/mol. The van der Waals surface area contributed by atoms with E-state index in [1.165, 1.54) is 4.88 Å². The van der Waals surface area contributed by atoms with E-state index in [4.69, 9.17) is 11.6 Å². The summed E-state index contributed by atoms with van der Waals surface area (Å²) < 4.78 is 0. The fourth-order valence-electron chi connectivity index (χ4n) is 1.65. The summed E-state index contributed by atoms with van der Waals surface area (Å²) in [7, 11) is 0. The van der Waals surface area contributed by atoms with Gasteiger partial charge in [-0.2, -0.15) is 0 Å². The monoisotopic (exact) mass is 294 g/mol. The van der Waals surface area contributed by atoms with Crippen LogP contribution in [0, 0.1) is 0 Å². The van der Waals surface area contributed by atoms with Crippen LogP contribution in [0.1, 0.15) is 10.4 Å². The van der Waals surface area contributed by atoms with Crippen molar-refractivity contribution in [2.75, 3.05) is 6.54 Å². The Labute approximate surface area is 121 Å². The third kappa shape index (κ3) is 4.93. The maximum Gasteiger partial charge on any atom is 0.315 e. The Hall–Kier alpha value is -1.52. The molecule has 0 atom stereocenters. The molecule has 0 fully saturated rings. The van der Waals surface area contributed by atoms with Crippen LogP contribution in [0.5, 0.6) is 0 Å². The lowest BCUT2D eigenvalue weighted by atomic mass is 10.2. The molecule has 0 spiro atoms. The van der Waals surface area contributed by atoms with E-state index in [-0.39, 0.29) is 6.03 Å². The first-order valence-corrected chi connectivity index (χ1v) is 7.28. The van der Waals surface area contributed by atoms with E-state index in [0.717, 1.165) is 12.0 Å². The number of nitrogens with one attached hydrogen (secondary N) is 2. The molecule has 1 heterocycles. The number of carbonyl (C=O) groups excluding carboxylic acids is 1. The lowest BCUT2D eigenvalue weighted by Gasteiger charge is -2.07. The van der Waals surface area contributed by atoms with E-state index in [9.17, 15) is 4.79 Å². The average Bonchev–Trinajstić information content (AvgIpc) is 2.90. The Morgan fingerprint density at radius 2 is 2.11 bits per heavy atom. The van der Waals surface area contributed by atoms with Crippen molar-refractivity contribution in [1.29, 1.82) is 0 Å². The Balaban J connectivity index is 1.67. The Morgan fingerprint density at radius 1 is 1.21 bits per heavy atom. The molecule has 0 aliphatic carbocycles. The second kappa shape index (κ2) is 7.16. The van der Waals surface area contributed by atoms with Gasteiger partial charge in [0.1, 0.15) is 0 Å². The Bertz CT molecular complexity index is 528. The van der Waals surface area contributed by atoms with Crippen LogP contribution < -0.4 is 10.6 Å². The minimum atomic E-state index is -0.156. The van der Waals surface area contributed by atoms with Crippen molar-refractivity contribution in [1.82, 2.24) is 10.6 Å². The van der Waals surface area contributed by atoms with Crippen molar-refractivity contribution in [2.24, 2.45) is 0 Å². The van der Waals surface area contributed by atoms with Gasteiger partial charge in [-0.3, -0.25) is 0 Å². The molecule has 0 unspecified atom stereocenters. The fourth-order valence-corrected chi connectivity index (χ4v) is 2.57. The van der Waals surface area contributed by atoms with Gasteiger partial charge in [0.25, 0.3) is 0 Å². The first kappa shape index (κ1) is 13.9. The van der Waals surface area contributed by atoms with E-state index >= 15 is 0 Å². The van der Waals surface area contributed by atoms with Gasteiger partial charge in [0, 0.05) is 23.0 Å². The number of hydrogen-bond acceptors (Lipinski definition) is 2. The van der Waals surface area contributed by atoms with Gasteiger partial charge < -0.3 is 10.6 Å². The molecule has 1 aromatic heterocycles. The second-order valence-electron chi connectivity index (χ2n) is 4.07. The van der Waals surface area contributed by atoms with Crippen LogP contribution >= 0.6 is 22.9 Å². The molecule has 0 saturated heterocycles. The van der Waals surface area contributed by atoms with Gasteiger partial charge in [-0.1, -0.05) is 29.8 Å². The van der Waals surface area contributed by atoms with Gasteiger partial charge in [0.2, 0.25) is 0 Å². The van der Waals surface area contributed by atoms with Crippen molar-refractivity contribution < 1.29 is 4.79 Å². The van der Waals surface area contributed by atoms with Gasteiger partial charge in [-0.05, 0) is 35.6 Å². The lowest BCUT2D eigenvalue weighted by molar-refractivity contribution is 0.240. The SMILES string of the molecule is O=C(NCCc1cccs1)NCc1cccc(Cl)c1. The summed E-state index contributed by atoms with van der Waals surface area (Å²) in [6.45, 7) is 1.12. The summed E-state index contributed by atoms with van der Waals surface area (Å²) in [4.78, 5) is 12.9. The molecule has 2 amide bonds. The van der Waals surface area contributed by atoms with Crippen LogP contribution in [0.15, 0.2) is 41.8 Å². The van der Waals surface area contributed by atoms with Crippen molar-refractivity contribution in [3.63, 3.8) is 0 Å². The third-order valence-electron chi connectivity index (χ3n) is 2.58. The first-order valence-electron chi connectivity index (χ1n) is 6.02. The largest absolute Gasteiger partial charge is 0.338 e. The van der Waals surface area contributed by atoms with E-state index in [1.54, 1.807) is 11.3 Å². The quantitative estimate of drug-likeness (QED) is 0.871. The van der Waals surface area contributed by atoms with Crippen molar-refractivity contribution in [3.8, 4) is 0 Å². The van der Waals surface area contributed by atoms with Crippen LogP contribution in [-0.4, -0.2) is 12.6 Å². The van der Waals surface area contributed by atoms with E-state index in [1.807, 2.05) is 35.7 Å². The Morgan fingerprint density at radius 3 is 2.84 bits per heavy atom. The van der Waals surface area contributed by atoms with Crippen molar-refractivity contribution in [2.45, 2.75) is 13.0 Å². The molecule has 19 heavy (non-hydrogen) atoms. The minimum absolute atomic E-state index is 0.156. The summed E-state index contributed by atoms with van der Waals surface area (Å²) in [5.41, 5.74) is 0.987. The number of urea groups is 1. The molecule has 2 N–H and O–H groups in total. The topological polar surface area (TPSA) is 41.1 Å². The molecule has 0 aliphatic rings. The van der Waals surface area contributed by atoms with E-state index in [2.05, 4.69) is 16.7 Å². The molecule has 2 aromatic rings. The summed E-state index contributed by atoms with van der Waals surface area (Å²) in [5.74, 6) is 0. The maximum absolute atomic E-state index is 11.6. The van der Waals surface area contributed by atoms with Crippen molar-refractivity contribution in [3.05, 3.63) is 57.2 Å². The lowest BCUT2D eigenvalue weighted by Crippen LogP contribution is -2.36. The molecule has 0 saturated carbocycles. The van der Waals surface area contributed by atoms with Gasteiger partial charge in [-0.25, -0.2) is 4.79 Å². The summed E-state index contributed by atoms with van der Waals surface area (Å²) in [6.07, 6.45) is 0.863. The highest BCUT2D eigenvalue weighted by atomic mass is 35.5. The molecule has 5 heteroatoms. The highest BCUT2D eigenvalue weighted by molar-refractivity contribution is 7.09. The zero-order chi connectivity index (χ0) is 13.5. The van der Waals surface area contributed by atoms with Gasteiger partial charge in [0.15, 0.2) is 0 Å². The summed E-state index contributed by atoms with van der Waals surface area (Å²) in [6, 6.07) is 11.4. The molecule has 100 valence electrons. The predicted molar refractivity (Wildman–Crippen MR) is 79.7 cm³/mol. The minimum Gasteiger partial charge on any atom is -0.338 e. The average molecular weight is 295 g/mol. The number of rotatable bonds is 5. The molecule has 0 radical (unpaired) electrons. The zero-order valence-electron chi connectivity index (χ0n) is 10.4. The van der Waals surface area contributed by atoms with Crippen LogP contribution in [0.25, 0.3) is 0 Å². The third-order valence-corrected chi connectivity index (χ3v) is 3.75. The number of thiophene rings is 1. The van der Waals surface area contributed by atoms with Crippen molar-refractivity contribution >= 4 is 29.0 Å². The predicted octanol–water partition coefficient (Wildman–Crippen LogP) is 3.44. The molecule has 0 bridgehead atoms. The standard InChI is InChI=1S/C14H15ClN2OS/c15-12-4-1-3-11(9-12)10-17-14(18)16-7-6-13-5-2-8-19-13/h1-5,8-9H,6-7,10H2,(H2,16,17,18). The number of amides is 2. The number of halogens is 1. The van der Waals surface area contributed by atoms with Crippen LogP contribution in [-0.2, 0) is 13.0 Å². The fraction of sp³-hybridized carbons (Fsp3) is 0.214.